The molecule has 0 fully saturated rings. The topological polar surface area (TPSA) is 97.8 Å². The lowest BCUT2D eigenvalue weighted by Gasteiger charge is -2.18. The average molecular weight is 430 g/mol. The lowest BCUT2D eigenvalue weighted by atomic mass is 9.94. The number of halogens is 2. The van der Waals surface area contributed by atoms with Crippen molar-refractivity contribution < 1.29 is 33.0 Å². The highest BCUT2D eigenvalue weighted by molar-refractivity contribution is 6.17. The SMILES string of the molecule is CCOc1nccc2c(C(=O)c3c(F)cc(C(C)NC(=O)O)c(OC)c3F)cccc12. The molecule has 0 spiro atoms. The van der Waals surface area contributed by atoms with E-state index in [-0.39, 0.29) is 11.1 Å². The van der Waals surface area contributed by atoms with Gasteiger partial charge in [-0.15, -0.1) is 0 Å². The third kappa shape index (κ3) is 4.11. The number of benzene rings is 2. The second-order valence-electron chi connectivity index (χ2n) is 6.62. The molecular weight excluding hydrogens is 410 g/mol. The van der Waals surface area contributed by atoms with Crippen molar-refractivity contribution in [1.82, 2.24) is 10.3 Å². The van der Waals surface area contributed by atoms with Crippen LogP contribution in [-0.4, -0.2) is 35.7 Å². The third-order valence-corrected chi connectivity index (χ3v) is 4.73. The van der Waals surface area contributed by atoms with Gasteiger partial charge in [0.15, 0.2) is 17.3 Å². The van der Waals surface area contributed by atoms with Crippen LogP contribution >= 0.6 is 0 Å². The molecule has 162 valence electrons. The molecule has 1 amide bonds. The number of nitrogens with one attached hydrogen (secondary N) is 1. The fourth-order valence-electron chi connectivity index (χ4n) is 3.38. The van der Waals surface area contributed by atoms with Crippen molar-refractivity contribution in [2.24, 2.45) is 0 Å². The van der Waals surface area contributed by atoms with Gasteiger partial charge in [-0.25, -0.2) is 18.6 Å². The van der Waals surface area contributed by atoms with E-state index in [2.05, 4.69) is 10.3 Å². The van der Waals surface area contributed by atoms with Crippen molar-refractivity contribution in [2.75, 3.05) is 13.7 Å². The number of ketones is 1. The molecule has 0 aliphatic rings. The average Bonchev–Trinajstić information content (AvgIpc) is 2.72. The maximum Gasteiger partial charge on any atom is 0.405 e. The normalized spacial score (nSPS) is 11.8. The summed E-state index contributed by atoms with van der Waals surface area (Å²) in [6.45, 7) is 3.54. The summed E-state index contributed by atoms with van der Waals surface area (Å²) in [5, 5.41) is 12.0. The number of rotatable bonds is 7. The van der Waals surface area contributed by atoms with E-state index in [0.29, 0.717) is 23.3 Å². The number of carbonyl (C=O) groups excluding carboxylic acids is 1. The zero-order chi connectivity index (χ0) is 22.7. The number of amides is 1. The summed E-state index contributed by atoms with van der Waals surface area (Å²) < 4.78 is 40.7. The Morgan fingerprint density at radius 3 is 2.61 bits per heavy atom. The van der Waals surface area contributed by atoms with E-state index in [1.165, 1.54) is 19.2 Å². The first-order valence-corrected chi connectivity index (χ1v) is 9.40. The van der Waals surface area contributed by atoms with Crippen molar-refractivity contribution in [3.63, 3.8) is 0 Å². The van der Waals surface area contributed by atoms with Gasteiger partial charge >= 0.3 is 6.09 Å². The molecule has 0 radical (unpaired) electrons. The van der Waals surface area contributed by atoms with Crippen LogP contribution < -0.4 is 14.8 Å². The number of methoxy groups -OCH3 is 1. The lowest BCUT2D eigenvalue weighted by Crippen LogP contribution is -2.25. The molecule has 3 rings (SSSR count). The van der Waals surface area contributed by atoms with Gasteiger partial charge in [0.1, 0.15) is 5.82 Å². The predicted molar refractivity (Wildman–Crippen MR) is 109 cm³/mol. The van der Waals surface area contributed by atoms with Gasteiger partial charge in [0, 0.05) is 22.7 Å². The molecule has 1 aromatic heterocycles. The Morgan fingerprint density at radius 2 is 1.97 bits per heavy atom. The van der Waals surface area contributed by atoms with E-state index in [4.69, 9.17) is 14.6 Å². The van der Waals surface area contributed by atoms with Gasteiger partial charge in [0.25, 0.3) is 0 Å². The summed E-state index contributed by atoms with van der Waals surface area (Å²) in [6.07, 6.45) is 0.0738. The Morgan fingerprint density at radius 1 is 1.23 bits per heavy atom. The van der Waals surface area contributed by atoms with Crippen LogP contribution in [0.25, 0.3) is 10.8 Å². The van der Waals surface area contributed by atoms with E-state index in [1.54, 1.807) is 25.1 Å². The van der Waals surface area contributed by atoms with Crippen LogP contribution in [0.3, 0.4) is 0 Å². The maximum atomic E-state index is 15.2. The number of fused-ring (bicyclic) bond motifs is 1. The molecule has 9 heteroatoms. The van der Waals surface area contributed by atoms with Gasteiger partial charge in [0.2, 0.25) is 5.88 Å². The van der Waals surface area contributed by atoms with Crippen molar-refractivity contribution in [3.8, 4) is 11.6 Å². The van der Waals surface area contributed by atoms with Crippen molar-refractivity contribution in [1.29, 1.82) is 0 Å². The predicted octanol–water partition coefficient (Wildman–Crippen LogP) is 4.48. The van der Waals surface area contributed by atoms with Crippen LogP contribution in [0.4, 0.5) is 13.6 Å². The molecule has 3 aromatic rings. The Kier molecular flexibility index (Phi) is 6.33. The van der Waals surface area contributed by atoms with Gasteiger partial charge in [-0.3, -0.25) is 4.79 Å². The minimum Gasteiger partial charge on any atom is -0.493 e. The Hall–Kier alpha value is -3.75. The van der Waals surface area contributed by atoms with Gasteiger partial charge in [-0.1, -0.05) is 12.1 Å². The molecule has 2 aromatic carbocycles. The molecule has 0 aliphatic carbocycles. The van der Waals surface area contributed by atoms with Crippen LogP contribution in [0.15, 0.2) is 36.5 Å². The maximum absolute atomic E-state index is 15.2. The summed E-state index contributed by atoms with van der Waals surface area (Å²) in [5.41, 5.74) is -0.812. The highest BCUT2D eigenvalue weighted by atomic mass is 19.1. The quantitative estimate of drug-likeness (QED) is 0.537. The second kappa shape index (κ2) is 8.95. The van der Waals surface area contributed by atoms with E-state index in [0.717, 1.165) is 13.2 Å². The van der Waals surface area contributed by atoms with Crippen LogP contribution in [0, 0.1) is 11.6 Å². The fraction of sp³-hybridized carbons (Fsp3) is 0.227. The summed E-state index contributed by atoms with van der Waals surface area (Å²) in [4.78, 5) is 28.2. The highest BCUT2D eigenvalue weighted by Gasteiger charge is 2.28. The lowest BCUT2D eigenvalue weighted by molar-refractivity contribution is 0.103. The minimum atomic E-state index is -1.37. The van der Waals surface area contributed by atoms with Gasteiger partial charge < -0.3 is 19.9 Å². The molecule has 0 aliphatic heterocycles. The molecule has 2 N–H and O–H groups in total. The number of carboxylic acid groups (broad SMARTS) is 1. The monoisotopic (exact) mass is 430 g/mol. The van der Waals surface area contributed by atoms with E-state index < -0.39 is 40.9 Å². The number of pyridine rings is 1. The van der Waals surface area contributed by atoms with Crippen LogP contribution in [0.1, 0.15) is 41.4 Å². The summed E-state index contributed by atoms with van der Waals surface area (Å²) in [5.74, 6) is -3.34. The largest absolute Gasteiger partial charge is 0.493 e. The minimum absolute atomic E-state index is 0.0603. The molecular formula is C22H20F2N2O5. The molecule has 31 heavy (non-hydrogen) atoms. The molecule has 1 atom stereocenters. The third-order valence-electron chi connectivity index (χ3n) is 4.73. The van der Waals surface area contributed by atoms with E-state index >= 15 is 4.39 Å². The van der Waals surface area contributed by atoms with Crippen LogP contribution in [0.5, 0.6) is 11.6 Å². The second-order valence-corrected chi connectivity index (χ2v) is 6.62. The number of hydrogen-bond donors (Lipinski definition) is 2. The van der Waals surface area contributed by atoms with Crippen molar-refractivity contribution in [2.45, 2.75) is 19.9 Å². The number of ether oxygens (including phenoxy) is 2. The van der Waals surface area contributed by atoms with Crippen LogP contribution in [0.2, 0.25) is 0 Å². The van der Waals surface area contributed by atoms with Gasteiger partial charge in [-0.05, 0) is 37.4 Å². The number of hydrogen-bond acceptors (Lipinski definition) is 5. The summed E-state index contributed by atoms with van der Waals surface area (Å²) in [6, 6.07) is 6.20. The Balaban J connectivity index is 2.17. The van der Waals surface area contributed by atoms with Gasteiger partial charge in [-0.2, -0.15) is 0 Å². The zero-order valence-electron chi connectivity index (χ0n) is 17.0. The fourth-order valence-corrected chi connectivity index (χ4v) is 3.38. The Bertz CT molecular complexity index is 1170. The Labute approximate surface area is 176 Å². The van der Waals surface area contributed by atoms with Crippen LogP contribution in [-0.2, 0) is 0 Å². The molecule has 0 saturated carbocycles. The van der Waals surface area contributed by atoms with Crippen molar-refractivity contribution in [3.05, 3.63) is 64.9 Å². The van der Waals surface area contributed by atoms with Crippen molar-refractivity contribution >= 4 is 22.6 Å². The summed E-state index contributed by atoms with van der Waals surface area (Å²) >= 11 is 0. The first-order valence-electron chi connectivity index (χ1n) is 9.40. The number of aromatic nitrogens is 1. The van der Waals surface area contributed by atoms with Gasteiger partial charge in [0.05, 0.1) is 25.3 Å². The number of carbonyl (C=O) groups is 2. The first kappa shape index (κ1) is 21.9. The highest BCUT2D eigenvalue weighted by Crippen LogP contribution is 2.35. The first-order chi connectivity index (χ1) is 14.8. The standard InChI is InChI=1S/C22H20F2N2O5/c1-4-31-21-14-7-5-6-13(12(14)8-9-25-21)19(27)17-16(23)10-15(11(2)26-22(28)29)20(30-3)18(17)24/h5-11,26H,4H2,1-3H3,(H,28,29). The number of nitrogens with zero attached hydrogens (tertiary/aromatic N) is 1. The zero-order valence-corrected chi connectivity index (χ0v) is 17.0. The summed E-state index contributed by atoms with van der Waals surface area (Å²) in [7, 11) is 1.15. The molecule has 0 bridgehead atoms. The molecule has 7 nitrogen and oxygen atoms in total. The molecule has 1 unspecified atom stereocenters. The molecule has 0 saturated heterocycles. The van der Waals surface area contributed by atoms with E-state index in [9.17, 15) is 14.0 Å². The molecule has 1 heterocycles. The smallest absolute Gasteiger partial charge is 0.405 e. The van der Waals surface area contributed by atoms with E-state index in [1.807, 2.05) is 0 Å².